The van der Waals surface area contributed by atoms with Crippen molar-refractivity contribution in [2.45, 2.75) is 13.0 Å². The van der Waals surface area contributed by atoms with E-state index in [0.29, 0.717) is 22.5 Å². The number of nitriles is 1. The van der Waals surface area contributed by atoms with E-state index in [2.05, 4.69) is 21.4 Å². The van der Waals surface area contributed by atoms with Crippen LogP contribution in [0.5, 0.6) is 0 Å². The fourth-order valence-corrected chi connectivity index (χ4v) is 3.33. The van der Waals surface area contributed by atoms with Gasteiger partial charge in [0.25, 0.3) is 5.91 Å². The Balaban J connectivity index is 1.71. The van der Waals surface area contributed by atoms with Gasteiger partial charge < -0.3 is 16.0 Å². The van der Waals surface area contributed by atoms with Crippen molar-refractivity contribution in [1.82, 2.24) is 9.97 Å². The summed E-state index contributed by atoms with van der Waals surface area (Å²) in [6.45, 7) is 1.90. The third-order valence-electron chi connectivity index (χ3n) is 4.84. The largest absolute Gasteiger partial charge is 0.346 e. The molecular formula is C23H19N5O. The van der Waals surface area contributed by atoms with Crippen molar-refractivity contribution >= 4 is 22.6 Å². The van der Waals surface area contributed by atoms with Gasteiger partial charge in [-0.05, 0) is 60.0 Å². The maximum absolute atomic E-state index is 12.9. The summed E-state index contributed by atoms with van der Waals surface area (Å²) >= 11 is 0. The molecule has 0 aliphatic heterocycles. The Kier molecular flexibility index (Phi) is 4.82. The summed E-state index contributed by atoms with van der Waals surface area (Å²) in [5.74, 6) is -0.218. The number of aromatic amines is 1. The summed E-state index contributed by atoms with van der Waals surface area (Å²) in [6, 6.07) is 18.3. The number of pyridine rings is 1. The first kappa shape index (κ1) is 18.4. The number of nitrogens with zero attached hydrogens (tertiary/aromatic N) is 2. The Morgan fingerprint density at radius 2 is 1.97 bits per heavy atom. The highest BCUT2D eigenvalue weighted by atomic mass is 16.1. The average Bonchev–Trinajstić information content (AvgIpc) is 3.23. The highest BCUT2D eigenvalue weighted by molar-refractivity contribution is 6.08. The van der Waals surface area contributed by atoms with Crippen LogP contribution in [0.1, 0.15) is 34.5 Å². The highest BCUT2D eigenvalue weighted by Crippen LogP contribution is 2.29. The number of hydrogen-bond donors (Lipinski definition) is 3. The third-order valence-corrected chi connectivity index (χ3v) is 4.84. The molecule has 1 unspecified atom stereocenters. The van der Waals surface area contributed by atoms with E-state index < -0.39 is 0 Å². The van der Waals surface area contributed by atoms with E-state index in [1.807, 2.05) is 37.3 Å². The molecular weight excluding hydrogens is 362 g/mol. The van der Waals surface area contributed by atoms with E-state index in [0.717, 1.165) is 22.1 Å². The van der Waals surface area contributed by atoms with Gasteiger partial charge in [0.2, 0.25) is 0 Å². The summed E-state index contributed by atoms with van der Waals surface area (Å²) in [5, 5.41) is 12.8. The van der Waals surface area contributed by atoms with Gasteiger partial charge in [0.1, 0.15) is 5.65 Å². The summed E-state index contributed by atoms with van der Waals surface area (Å²) in [7, 11) is 0. The minimum Gasteiger partial charge on any atom is -0.346 e. The molecule has 0 aliphatic rings. The predicted molar refractivity (Wildman–Crippen MR) is 113 cm³/mol. The van der Waals surface area contributed by atoms with Crippen molar-refractivity contribution in [3.8, 4) is 17.2 Å². The second-order valence-corrected chi connectivity index (χ2v) is 6.83. The number of carbonyl (C=O) groups is 1. The highest BCUT2D eigenvalue weighted by Gasteiger charge is 2.15. The molecule has 4 N–H and O–H groups in total. The lowest BCUT2D eigenvalue weighted by atomic mass is 9.93. The first-order chi connectivity index (χ1) is 14.1. The van der Waals surface area contributed by atoms with Crippen LogP contribution in [0.4, 0.5) is 5.69 Å². The molecule has 0 bridgehead atoms. The zero-order chi connectivity index (χ0) is 20.4. The lowest BCUT2D eigenvalue weighted by molar-refractivity contribution is 0.102. The SMILES string of the molecule is CC(N)c1ccc(C(=O)Nc2ccnc3[nH]ccc23)cc1-c1ccc(C#N)cc1. The Bertz CT molecular complexity index is 1230. The topological polar surface area (TPSA) is 108 Å². The molecule has 6 heteroatoms. The van der Waals surface area contributed by atoms with E-state index >= 15 is 0 Å². The quantitative estimate of drug-likeness (QED) is 0.488. The van der Waals surface area contributed by atoms with Crippen LogP contribution in [-0.2, 0) is 0 Å². The molecule has 2 aromatic heterocycles. The standard InChI is InChI=1S/C23H19N5O/c1-14(25)18-7-6-17(12-20(18)16-4-2-15(13-24)3-5-16)23(29)28-21-9-11-27-22-19(21)8-10-26-22/h2-12,14H,25H2,1H3,(H2,26,27,28,29). The van der Waals surface area contributed by atoms with Crippen LogP contribution < -0.4 is 11.1 Å². The van der Waals surface area contributed by atoms with E-state index in [4.69, 9.17) is 11.0 Å². The average molecular weight is 381 g/mol. The molecule has 0 saturated carbocycles. The fourth-order valence-electron chi connectivity index (χ4n) is 3.33. The van der Waals surface area contributed by atoms with E-state index in [-0.39, 0.29) is 11.9 Å². The molecule has 0 radical (unpaired) electrons. The van der Waals surface area contributed by atoms with Crippen molar-refractivity contribution in [3.63, 3.8) is 0 Å². The number of hydrogen-bond acceptors (Lipinski definition) is 4. The van der Waals surface area contributed by atoms with Crippen LogP contribution in [0, 0.1) is 11.3 Å². The fraction of sp³-hybridized carbons (Fsp3) is 0.0870. The van der Waals surface area contributed by atoms with Gasteiger partial charge in [0, 0.05) is 29.4 Å². The first-order valence-corrected chi connectivity index (χ1v) is 9.20. The van der Waals surface area contributed by atoms with Crippen molar-refractivity contribution < 1.29 is 4.79 Å². The van der Waals surface area contributed by atoms with E-state index in [1.54, 1.807) is 36.7 Å². The molecule has 2 heterocycles. The zero-order valence-corrected chi connectivity index (χ0v) is 15.8. The minimum absolute atomic E-state index is 0.197. The van der Waals surface area contributed by atoms with Crippen LogP contribution in [0.2, 0.25) is 0 Å². The number of nitrogens with two attached hydrogens (primary N) is 1. The molecule has 0 spiro atoms. The Labute approximate surface area is 168 Å². The summed E-state index contributed by atoms with van der Waals surface area (Å²) in [5.41, 5.74) is 11.4. The summed E-state index contributed by atoms with van der Waals surface area (Å²) in [4.78, 5) is 20.2. The lowest BCUT2D eigenvalue weighted by Crippen LogP contribution is -2.14. The van der Waals surface area contributed by atoms with Gasteiger partial charge >= 0.3 is 0 Å². The molecule has 142 valence electrons. The Morgan fingerprint density at radius 1 is 1.17 bits per heavy atom. The molecule has 1 atom stereocenters. The maximum atomic E-state index is 12.9. The second kappa shape index (κ2) is 7.58. The zero-order valence-electron chi connectivity index (χ0n) is 15.8. The third kappa shape index (κ3) is 3.59. The number of anilines is 1. The molecule has 6 nitrogen and oxygen atoms in total. The van der Waals surface area contributed by atoms with Gasteiger partial charge in [-0.3, -0.25) is 4.79 Å². The van der Waals surface area contributed by atoms with Gasteiger partial charge in [-0.25, -0.2) is 4.98 Å². The number of aromatic nitrogens is 2. The van der Waals surface area contributed by atoms with Gasteiger partial charge in [-0.2, -0.15) is 5.26 Å². The summed E-state index contributed by atoms with van der Waals surface area (Å²) < 4.78 is 0. The molecule has 0 fully saturated rings. The Hall–Kier alpha value is -3.95. The molecule has 2 aromatic carbocycles. The molecule has 4 aromatic rings. The minimum atomic E-state index is -0.218. The van der Waals surface area contributed by atoms with Crippen LogP contribution in [-0.4, -0.2) is 15.9 Å². The number of rotatable bonds is 4. The molecule has 29 heavy (non-hydrogen) atoms. The van der Waals surface area contributed by atoms with E-state index in [9.17, 15) is 4.79 Å². The van der Waals surface area contributed by atoms with Gasteiger partial charge in [-0.1, -0.05) is 18.2 Å². The van der Waals surface area contributed by atoms with Crippen molar-refractivity contribution in [3.05, 3.63) is 83.7 Å². The first-order valence-electron chi connectivity index (χ1n) is 9.20. The Morgan fingerprint density at radius 3 is 2.69 bits per heavy atom. The lowest BCUT2D eigenvalue weighted by Gasteiger charge is -2.15. The van der Waals surface area contributed by atoms with Crippen LogP contribution in [0.15, 0.2) is 67.0 Å². The van der Waals surface area contributed by atoms with Gasteiger partial charge in [-0.15, -0.1) is 0 Å². The van der Waals surface area contributed by atoms with Crippen LogP contribution in [0.25, 0.3) is 22.2 Å². The number of H-pyrrole nitrogens is 1. The normalized spacial score (nSPS) is 11.8. The predicted octanol–water partition coefficient (Wildman–Crippen LogP) is 4.37. The van der Waals surface area contributed by atoms with Crippen LogP contribution >= 0.6 is 0 Å². The molecule has 4 rings (SSSR count). The van der Waals surface area contributed by atoms with Crippen LogP contribution in [0.3, 0.4) is 0 Å². The maximum Gasteiger partial charge on any atom is 0.255 e. The van der Waals surface area contributed by atoms with Gasteiger partial charge in [0.15, 0.2) is 0 Å². The van der Waals surface area contributed by atoms with Crippen molar-refractivity contribution in [2.75, 3.05) is 5.32 Å². The molecule has 0 aliphatic carbocycles. The number of amides is 1. The smallest absolute Gasteiger partial charge is 0.255 e. The number of benzene rings is 2. The van der Waals surface area contributed by atoms with Crippen molar-refractivity contribution in [1.29, 1.82) is 5.26 Å². The van der Waals surface area contributed by atoms with Gasteiger partial charge in [0.05, 0.1) is 17.3 Å². The number of carbonyl (C=O) groups excluding carboxylic acids is 1. The number of nitrogens with one attached hydrogen (secondary N) is 2. The van der Waals surface area contributed by atoms with E-state index in [1.165, 1.54) is 0 Å². The monoisotopic (exact) mass is 381 g/mol. The second-order valence-electron chi connectivity index (χ2n) is 6.83. The van der Waals surface area contributed by atoms with Crippen molar-refractivity contribution in [2.24, 2.45) is 5.73 Å². The number of fused-ring (bicyclic) bond motifs is 1. The molecule has 1 amide bonds. The summed E-state index contributed by atoms with van der Waals surface area (Å²) in [6.07, 6.45) is 3.43. The molecule has 0 saturated heterocycles.